The predicted molar refractivity (Wildman–Crippen MR) is 69.6 cm³/mol. The SMILES string of the molecule is Cc1ccc(-n2cnc(Cn3ccnc3)c2)cc1F. The highest BCUT2D eigenvalue weighted by Crippen LogP contribution is 2.14. The Bertz CT molecular complexity index is 685. The minimum atomic E-state index is -0.206. The molecule has 5 heteroatoms. The zero-order valence-electron chi connectivity index (χ0n) is 10.5. The second-order valence-corrected chi connectivity index (χ2v) is 4.44. The second-order valence-electron chi connectivity index (χ2n) is 4.44. The van der Waals surface area contributed by atoms with Crippen molar-refractivity contribution in [3.8, 4) is 5.69 Å². The first-order chi connectivity index (χ1) is 9.22. The smallest absolute Gasteiger partial charge is 0.128 e. The minimum Gasteiger partial charge on any atom is -0.331 e. The number of imidazole rings is 2. The van der Waals surface area contributed by atoms with Gasteiger partial charge in [0.25, 0.3) is 0 Å². The van der Waals surface area contributed by atoms with Crippen molar-refractivity contribution < 1.29 is 4.39 Å². The van der Waals surface area contributed by atoms with E-state index in [9.17, 15) is 4.39 Å². The normalized spacial score (nSPS) is 10.8. The standard InChI is InChI=1S/C14H13FN4/c1-11-2-3-13(6-14(11)15)19-8-12(17-10-19)7-18-5-4-16-9-18/h2-6,8-10H,7H2,1H3. The molecule has 0 amide bonds. The van der Waals surface area contributed by atoms with E-state index in [-0.39, 0.29) is 5.82 Å². The molecule has 0 bridgehead atoms. The molecule has 0 spiro atoms. The number of hydrogen-bond donors (Lipinski definition) is 0. The van der Waals surface area contributed by atoms with Crippen LogP contribution in [-0.4, -0.2) is 19.1 Å². The van der Waals surface area contributed by atoms with Gasteiger partial charge in [-0.15, -0.1) is 0 Å². The van der Waals surface area contributed by atoms with Gasteiger partial charge in [0.05, 0.1) is 24.9 Å². The predicted octanol–water partition coefficient (Wildman–Crippen LogP) is 2.56. The molecule has 1 aromatic carbocycles. The molecule has 19 heavy (non-hydrogen) atoms. The van der Waals surface area contributed by atoms with Crippen LogP contribution in [0.1, 0.15) is 11.3 Å². The van der Waals surface area contributed by atoms with Gasteiger partial charge in [-0.2, -0.15) is 0 Å². The number of benzene rings is 1. The molecule has 4 nitrogen and oxygen atoms in total. The molecule has 0 N–H and O–H groups in total. The van der Waals surface area contributed by atoms with Gasteiger partial charge >= 0.3 is 0 Å². The molecule has 96 valence electrons. The maximum atomic E-state index is 13.5. The largest absolute Gasteiger partial charge is 0.331 e. The summed E-state index contributed by atoms with van der Waals surface area (Å²) >= 11 is 0. The van der Waals surface area contributed by atoms with E-state index in [1.165, 1.54) is 6.07 Å². The summed E-state index contributed by atoms with van der Waals surface area (Å²) in [5.41, 5.74) is 2.31. The number of nitrogens with zero attached hydrogens (tertiary/aromatic N) is 4. The zero-order valence-corrected chi connectivity index (χ0v) is 10.5. The molecule has 0 saturated carbocycles. The summed E-state index contributed by atoms with van der Waals surface area (Å²) in [5.74, 6) is -0.206. The van der Waals surface area contributed by atoms with Crippen LogP contribution in [-0.2, 0) is 6.54 Å². The van der Waals surface area contributed by atoms with Crippen molar-refractivity contribution >= 4 is 0 Å². The highest BCUT2D eigenvalue weighted by molar-refractivity contribution is 5.35. The monoisotopic (exact) mass is 256 g/mol. The Morgan fingerprint density at radius 3 is 2.89 bits per heavy atom. The van der Waals surface area contributed by atoms with Gasteiger partial charge in [0.1, 0.15) is 5.82 Å². The third kappa shape index (κ3) is 2.40. The average Bonchev–Trinajstić information content (AvgIpc) is 3.05. The van der Waals surface area contributed by atoms with Crippen LogP contribution in [0.5, 0.6) is 0 Å². The van der Waals surface area contributed by atoms with Gasteiger partial charge in [0.2, 0.25) is 0 Å². The van der Waals surface area contributed by atoms with Crippen LogP contribution in [0, 0.1) is 12.7 Å². The van der Waals surface area contributed by atoms with Crippen molar-refractivity contribution in [1.82, 2.24) is 19.1 Å². The fourth-order valence-electron chi connectivity index (χ4n) is 1.90. The molecule has 0 aliphatic carbocycles. The quantitative estimate of drug-likeness (QED) is 0.722. The number of rotatable bonds is 3. The van der Waals surface area contributed by atoms with E-state index >= 15 is 0 Å². The van der Waals surface area contributed by atoms with Crippen LogP contribution >= 0.6 is 0 Å². The summed E-state index contributed by atoms with van der Waals surface area (Å²) in [6, 6.07) is 5.15. The summed E-state index contributed by atoms with van der Waals surface area (Å²) < 4.78 is 17.3. The van der Waals surface area contributed by atoms with Crippen molar-refractivity contribution in [2.75, 3.05) is 0 Å². The molecular formula is C14H13FN4. The number of aromatic nitrogens is 4. The summed E-state index contributed by atoms with van der Waals surface area (Å²) in [5, 5.41) is 0. The van der Waals surface area contributed by atoms with E-state index in [1.807, 2.05) is 27.6 Å². The van der Waals surface area contributed by atoms with Crippen molar-refractivity contribution in [3.05, 3.63) is 66.5 Å². The fourth-order valence-corrected chi connectivity index (χ4v) is 1.90. The first kappa shape index (κ1) is 11.6. The molecule has 3 rings (SSSR count). The summed E-state index contributed by atoms with van der Waals surface area (Å²) in [6.07, 6.45) is 8.93. The van der Waals surface area contributed by atoms with Gasteiger partial charge in [-0.05, 0) is 24.6 Å². The Balaban J connectivity index is 1.86. The molecule has 0 unspecified atom stereocenters. The van der Waals surface area contributed by atoms with E-state index < -0.39 is 0 Å². The lowest BCUT2D eigenvalue weighted by molar-refractivity contribution is 0.617. The molecule has 2 aromatic heterocycles. The highest BCUT2D eigenvalue weighted by Gasteiger charge is 2.04. The van der Waals surface area contributed by atoms with Gasteiger partial charge in [-0.1, -0.05) is 6.07 Å². The lowest BCUT2D eigenvalue weighted by Crippen LogP contribution is -1.96. The fraction of sp³-hybridized carbons (Fsp3) is 0.143. The van der Waals surface area contributed by atoms with Crippen molar-refractivity contribution in [3.63, 3.8) is 0 Å². The third-order valence-electron chi connectivity index (χ3n) is 2.99. The van der Waals surface area contributed by atoms with E-state index in [2.05, 4.69) is 9.97 Å². The Kier molecular flexibility index (Phi) is 2.87. The van der Waals surface area contributed by atoms with E-state index in [0.29, 0.717) is 12.1 Å². The summed E-state index contributed by atoms with van der Waals surface area (Å²) in [6.45, 7) is 2.40. The average molecular weight is 256 g/mol. The molecule has 0 fully saturated rings. The van der Waals surface area contributed by atoms with Gasteiger partial charge in [-0.25, -0.2) is 14.4 Å². The van der Waals surface area contributed by atoms with Crippen LogP contribution in [0.2, 0.25) is 0 Å². The number of halogens is 1. The van der Waals surface area contributed by atoms with Crippen molar-refractivity contribution in [2.45, 2.75) is 13.5 Å². The van der Waals surface area contributed by atoms with Gasteiger partial charge in [-0.3, -0.25) is 0 Å². The van der Waals surface area contributed by atoms with Crippen molar-refractivity contribution in [1.29, 1.82) is 0 Å². The highest BCUT2D eigenvalue weighted by atomic mass is 19.1. The second kappa shape index (κ2) is 4.68. The summed E-state index contributed by atoms with van der Waals surface area (Å²) in [4.78, 5) is 8.29. The molecule has 0 aliphatic rings. The van der Waals surface area contributed by atoms with Crippen molar-refractivity contribution in [2.24, 2.45) is 0 Å². The lowest BCUT2D eigenvalue weighted by Gasteiger charge is -2.03. The summed E-state index contributed by atoms with van der Waals surface area (Å²) in [7, 11) is 0. The molecule has 2 heterocycles. The van der Waals surface area contributed by atoms with E-state index in [1.54, 1.807) is 31.8 Å². The van der Waals surface area contributed by atoms with Crippen LogP contribution in [0.25, 0.3) is 5.69 Å². The first-order valence-electron chi connectivity index (χ1n) is 5.97. The maximum Gasteiger partial charge on any atom is 0.128 e. The van der Waals surface area contributed by atoms with Crippen LogP contribution < -0.4 is 0 Å². The number of aryl methyl sites for hydroxylation is 1. The van der Waals surface area contributed by atoms with Crippen LogP contribution in [0.15, 0.2) is 49.4 Å². The molecule has 0 saturated heterocycles. The molecular weight excluding hydrogens is 243 g/mol. The number of hydrogen-bond acceptors (Lipinski definition) is 2. The zero-order chi connectivity index (χ0) is 13.2. The lowest BCUT2D eigenvalue weighted by atomic mass is 10.2. The van der Waals surface area contributed by atoms with Gasteiger partial charge in [0, 0.05) is 24.3 Å². The molecule has 0 atom stereocenters. The van der Waals surface area contributed by atoms with Gasteiger partial charge in [0.15, 0.2) is 0 Å². The molecule has 0 radical (unpaired) electrons. The van der Waals surface area contributed by atoms with Gasteiger partial charge < -0.3 is 9.13 Å². The Labute approximate surface area is 110 Å². The third-order valence-corrected chi connectivity index (χ3v) is 2.99. The van der Waals surface area contributed by atoms with Crippen LogP contribution in [0.4, 0.5) is 4.39 Å². The molecule has 3 aromatic rings. The van der Waals surface area contributed by atoms with E-state index in [4.69, 9.17) is 0 Å². The topological polar surface area (TPSA) is 35.6 Å². The Morgan fingerprint density at radius 2 is 2.16 bits per heavy atom. The Hall–Kier alpha value is -2.43. The maximum absolute atomic E-state index is 13.5. The van der Waals surface area contributed by atoms with E-state index in [0.717, 1.165) is 11.4 Å². The van der Waals surface area contributed by atoms with Crippen LogP contribution in [0.3, 0.4) is 0 Å². The first-order valence-corrected chi connectivity index (χ1v) is 5.97. The minimum absolute atomic E-state index is 0.206. The molecule has 0 aliphatic heterocycles. The Morgan fingerprint density at radius 1 is 1.26 bits per heavy atom.